The third-order valence-electron chi connectivity index (χ3n) is 3.60. The molecule has 1 heterocycles. The van der Waals surface area contributed by atoms with Gasteiger partial charge in [0.1, 0.15) is 5.75 Å². The minimum atomic E-state index is -0.479. The number of hydrogen-bond acceptors (Lipinski definition) is 4. The molecule has 6 nitrogen and oxygen atoms in total. The van der Waals surface area contributed by atoms with Crippen LogP contribution in [0.25, 0.3) is 0 Å². The summed E-state index contributed by atoms with van der Waals surface area (Å²) < 4.78 is 5.39. The topological polar surface area (TPSA) is 72.7 Å². The van der Waals surface area contributed by atoms with E-state index in [-0.39, 0.29) is 18.2 Å². The Morgan fingerprint density at radius 1 is 1.19 bits per heavy atom. The predicted molar refractivity (Wildman–Crippen MR) is 78.3 cm³/mol. The van der Waals surface area contributed by atoms with E-state index in [1.165, 1.54) is 18.6 Å². The number of hydrogen-bond donors (Lipinski definition) is 0. The van der Waals surface area contributed by atoms with Gasteiger partial charge in [-0.3, -0.25) is 14.9 Å². The molecule has 114 valence electrons. The highest BCUT2D eigenvalue weighted by Gasteiger charge is 2.15. The molecule has 1 aliphatic rings. The number of non-ortho nitro benzene ring substituents is 1. The van der Waals surface area contributed by atoms with Crippen molar-refractivity contribution >= 4 is 11.6 Å². The zero-order valence-electron chi connectivity index (χ0n) is 12.0. The van der Waals surface area contributed by atoms with E-state index >= 15 is 0 Å². The van der Waals surface area contributed by atoms with Gasteiger partial charge < -0.3 is 9.64 Å². The van der Waals surface area contributed by atoms with E-state index in [0.29, 0.717) is 5.75 Å². The van der Waals surface area contributed by atoms with Gasteiger partial charge in [-0.15, -0.1) is 0 Å². The summed E-state index contributed by atoms with van der Waals surface area (Å²) in [5.74, 6) is 0.299. The number of nitro benzene ring substituents is 1. The summed E-state index contributed by atoms with van der Waals surface area (Å²) in [7, 11) is 0. The SMILES string of the molecule is O=C(COc1cccc([N+](=O)[O-])c1)N1CCCCCCC1. The molecule has 0 aliphatic carbocycles. The molecule has 0 saturated carbocycles. The molecule has 1 saturated heterocycles. The molecule has 0 aromatic heterocycles. The number of carbonyl (C=O) groups is 1. The van der Waals surface area contributed by atoms with Gasteiger partial charge in [0.2, 0.25) is 0 Å². The molecule has 21 heavy (non-hydrogen) atoms. The molecule has 0 bridgehead atoms. The molecule has 6 heteroatoms. The monoisotopic (exact) mass is 292 g/mol. The molecule has 1 aromatic rings. The molecule has 1 fully saturated rings. The highest BCUT2D eigenvalue weighted by Crippen LogP contribution is 2.19. The van der Waals surface area contributed by atoms with E-state index < -0.39 is 4.92 Å². The van der Waals surface area contributed by atoms with Crippen molar-refractivity contribution in [3.05, 3.63) is 34.4 Å². The first kappa shape index (κ1) is 15.3. The summed E-state index contributed by atoms with van der Waals surface area (Å²) in [4.78, 5) is 24.2. The first-order chi connectivity index (χ1) is 10.2. The third kappa shape index (κ3) is 4.73. The molecular formula is C15H20N2O4. The van der Waals surface area contributed by atoms with Gasteiger partial charge in [-0.05, 0) is 18.9 Å². The Labute approximate surface area is 123 Å². The summed E-state index contributed by atoms with van der Waals surface area (Å²) in [5, 5.41) is 10.7. The van der Waals surface area contributed by atoms with Crippen LogP contribution in [0.2, 0.25) is 0 Å². The zero-order chi connectivity index (χ0) is 15.1. The molecule has 0 unspecified atom stereocenters. The molecular weight excluding hydrogens is 272 g/mol. The van der Waals surface area contributed by atoms with E-state index in [1.807, 2.05) is 4.90 Å². The Morgan fingerprint density at radius 3 is 2.52 bits per heavy atom. The van der Waals surface area contributed by atoms with Gasteiger partial charge in [-0.25, -0.2) is 0 Å². The van der Waals surface area contributed by atoms with Crippen LogP contribution in [0.15, 0.2) is 24.3 Å². The fourth-order valence-corrected chi connectivity index (χ4v) is 2.42. The lowest BCUT2D eigenvalue weighted by atomic mass is 10.1. The molecule has 0 N–H and O–H groups in total. The minimum Gasteiger partial charge on any atom is -0.484 e. The smallest absolute Gasteiger partial charge is 0.273 e. The van der Waals surface area contributed by atoms with Crippen molar-refractivity contribution in [2.75, 3.05) is 19.7 Å². The van der Waals surface area contributed by atoms with E-state index in [4.69, 9.17) is 4.74 Å². The summed E-state index contributed by atoms with van der Waals surface area (Å²) in [5.41, 5.74) is -0.0359. The molecule has 2 rings (SSSR count). The molecule has 0 radical (unpaired) electrons. The quantitative estimate of drug-likeness (QED) is 0.632. The van der Waals surface area contributed by atoms with Crippen LogP contribution in [0.3, 0.4) is 0 Å². The van der Waals surface area contributed by atoms with Crippen LogP contribution in [-0.4, -0.2) is 35.4 Å². The maximum atomic E-state index is 12.1. The maximum Gasteiger partial charge on any atom is 0.273 e. The molecule has 0 atom stereocenters. The fourth-order valence-electron chi connectivity index (χ4n) is 2.42. The van der Waals surface area contributed by atoms with Gasteiger partial charge in [0.05, 0.1) is 11.0 Å². The van der Waals surface area contributed by atoms with Crippen molar-refractivity contribution in [1.29, 1.82) is 0 Å². The first-order valence-corrected chi connectivity index (χ1v) is 7.32. The Hall–Kier alpha value is -2.11. The van der Waals surface area contributed by atoms with Crippen LogP contribution >= 0.6 is 0 Å². The Morgan fingerprint density at radius 2 is 1.86 bits per heavy atom. The van der Waals surface area contributed by atoms with Crippen LogP contribution in [-0.2, 0) is 4.79 Å². The number of rotatable bonds is 4. The Kier molecular flexibility index (Phi) is 5.54. The van der Waals surface area contributed by atoms with Gasteiger partial charge in [0, 0.05) is 19.2 Å². The van der Waals surface area contributed by atoms with E-state index in [2.05, 4.69) is 0 Å². The Balaban J connectivity index is 1.87. The van der Waals surface area contributed by atoms with E-state index in [1.54, 1.807) is 12.1 Å². The van der Waals surface area contributed by atoms with Crippen LogP contribution in [0.5, 0.6) is 5.75 Å². The number of amides is 1. The Bertz CT molecular complexity index is 496. The van der Waals surface area contributed by atoms with Crippen molar-refractivity contribution < 1.29 is 14.5 Å². The second-order valence-electron chi connectivity index (χ2n) is 5.19. The van der Waals surface area contributed by atoms with Gasteiger partial charge in [-0.2, -0.15) is 0 Å². The second-order valence-corrected chi connectivity index (χ2v) is 5.19. The largest absolute Gasteiger partial charge is 0.484 e. The van der Waals surface area contributed by atoms with Crippen molar-refractivity contribution in [2.24, 2.45) is 0 Å². The summed E-state index contributed by atoms with van der Waals surface area (Å²) in [6.07, 6.45) is 5.63. The van der Waals surface area contributed by atoms with Gasteiger partial charge in [-0.1, -0.05) is 25.3 Å². The molecule has 1 aliphatic heterocycles. The van der Waals surface area contributed by atoms with Crippen LogP contribution in [0.4, 0.5) is 5.69 Å². The average molecular weight is 292 g/mol. The number of likely N-dealkylation sites (tertiary alicyclic amines) is 1. The highest BCUT2D eigenvalue weighted by molar-refractivity contribution is 5.77. The highest BCUT2D eigenvalue weighted by atomic mass is 16.6. The van der Waals surface area contributed by atoms with Crippen LogP contribution < -0.4 is 4.74 Å². The number of nitro groups is 1. The van der Waals surface area contributed by atoms with Crippen molar-refractivity contribution in [2.45, 2.75) is 32.1 Å². The van der Waals surface area contributed by atoms with E-state index in [9.17, 15) is 14.9 Å². The molecule has 1 aromatic carbocycles. The number of carbonyl (C=O) groups excluding carboxylic acids is 1. The lowest BCUT2D eigenvalue weighted by Gasteiger charge is -2.24. The minimum absolute atomic E-state index is 0.0359. The summed E-state index contributed by atoms with van der Waals surface area (Å²) in [6, 6.07) is 5.90. The van der Waals surface area contributed by atoms with Gasteiger partial charge in [0.25, 0.3) is 11.6 Å². The number of benzene rings is 1. The zero-order valence-corrected chi connectivity index (χ0v) is 12.0. The van der Waals surface area contributed by atoms with Crippen molar-refractivity contribution in [1.82, 2.24) is 4.90 Å². The predicted octanol–water partition coefficient (Wildman–Crippen LogP) is 2.77. The lowest BCUT2D eigenvalue weighted by Crippen LogP contribution is -2.37. The van der Waals surface area contributed by atoms with Crippen LogP contribution in [0.1, 0.15) is 32.1 Å². The maximum absolute atomic E-state index is 12.1. The molecule has 1 amide bonds. The fraction of sp³-hybridized carbons (Fsp3) is 0.533. The standard InChI is InChI=1S/C15H20N2O4/c18-15(16-9-4-2-1-3-5-10-16)12-21-14-8-6-7-13(11-14)17(19)20/h6-8,11H,1-5,9-10,12H2. The number of ether oxygens (including phenoxy) is 1. The van der Waals surface area contributed by atoms with Crippen LogP contribution in [0, 0.1) is 10.1 Å². The second kappa shape index (κ2) is 7.61. The van der Waals surface area contributed by atoms with Gasteiger partial charge >= 0.3 is 0 Å². The van der Waals surface area contributed by atoms with Gasteiger partial charge in [0.15, 0.2) is 6.61 Å². The van der Waals surface area contributed by atoms with E-state index in [0.717, 1.165) is 38.8 Å². The summed E-state index contributed by atoms with van der Waals surface area (Å²) >= 11 is 0. The lowest BCUT2D eigenvalue weighted by molar-refractivity contribution is -0.384. The first-order valence-electron chi connectivity index (χ1n) is 7.32. The molecule has 0 spiro atoms. The summed E-state index contributed by atoms with van der Waals surface area (Å²) in [6.45, 7) is 1.48. The number of nitrogens with zero attached hydrogens (tertiary/aromatic N) is 2. The normalized spacial score (nSPS) is 15.9. The average Bonchev–Trinajstić information content (AvgIpc) is 2.44. The van der Waals surface area contributed by atoms with Crippen molar-refractivity contribution in [3.63, 3.8) is 0 Å². The van der Waals surface area contributed by atoms with Crippen molar-refractivity contribution in [3.8, 4) is 5.75 Å². The third-order valence-corrected chi connectivity index (χ3v) is 3.60.